The smallest absolute Gasteiger partial charge is 0.487 e. The number of alkyl halides is 3. The van der Waals surface area contributed by atoms with Crippen molar-refractivity contribution in [2.75, 3.05) is 13.1 Å². The highest BCUT2D eigenvalue weighted by molar-refractivity contribution is 5.71. The average molecular weight is 598 g/mol. The molecule has 1 saturated heterocycles. The summed E-state index contributed by atoms with van der Waals surface area (Å²) in [4.78, 5) is 14.0. The minimum Gasteiger partial charge on any atom is -0.487 e. The molecule has 43 heavy (non-hydrogen) atoms. The fourth-order valence-electron chi connectivity index (χ4n) is 7.01. The van der Waals surface area contributed by atoms with E-state index in [1.54, 1.807) is 19.1 Å². The van der Waals surface area contributed by atoms with Crippen molar-refractivity contribution in [1.82, 2.24) is 4.90 Å². The molecule has 1 aromatic heterocycles. The van der Waals surface area contributed by atoms with Crippen molar-refractivity contribution in [1.29, 1.82) is 0 Å². The number of hydrogen-bond acceptors (Lipinski definition) is 5. The number of nitrogens with zero attached hydrogens (tertiary/aromatic N) is 1. The normalized spacial score (nSPS) is 20.6. The molecule has 2 fully saturated rings. The van der Waals surface area contributed by atoms with Crippen LogP contribution in [0.4, 0.5) is 13.2 Å². The lowest BCUT2D eigenvalue weighted by molar-refractivity contribution is -0.275. The summed E-state index contributed by atoms with van der Waals surface area (Å²) in [5.74, 6) is 1.09. The van der Waals surface area contributed by atoms with Crippen molar-refractivity contribution < 1.29 is 37.0 Å². The van der Waals surface area contributed by atoms with Crippen molar-refractivity contribution in [3.63, 3.8) is 0 Å². The van der Waals surface area contributed by atoms with Crippen LogP contribution in [0.3, 0.4) is 0 Å². The van der Waals surface area contributed by atoms with Crippen molar-refractivity contribution in [2.24, 2.45) is 11.8 Å². The van der Waals surface area contributed by atoms with Crippen LogP contribution in [0.15, 0.2) is 52.9 Å². The Morgan fingerprint density at radius 2 is 1.79 bits per heavy atom. The number of aryl methyl sites for hydroxylation is 2. The molecule has 3 aromatic rings. The Labute approximate surface area is 249 Å². The first-order valence-electron chi connectivity index (χ1n) is 15.2. The van der Waals surface area contributed by atoms with E-state index in [-0.39, 0.29) is 23.3 Å². The third kappa shape index (κ3) is 6.28. The molecule has 3 heterocycles. The topological polar surface area (TPSA) is 72.1 Å². The van der Waals surface area contributed by atoms with Crippen LogP contribution in [0.2, 0.25) is 0 Å². The number of hydrogen-bond donors (Lipinski definition) is 1. The van der Waals surface area contributed by atoms with Crippen LogP contribution in [0.1, 0.15) is 80.4 Å². The minimum atomic E-state index is -4.80. The molecular weight excluding hydrogens is 559 g/mol. The van der Waals surface area contributed by atoms with Crippen LogP contribution in [-0.2, 0) is 11.2 Å². The molecule has 1 aliphatic carbocycles. The third-order valence-electron chi connectivity index (χ3n) is 9.68. The highest BCUT2D eigenvalue weighted by Gasteiger charge is 2.43. The SMILES string of the molecule is Cc1ccc(-c2ccc(OC(F)(F)F)c(C(C)N3CCC4(CCc5ccc([C@H](C6CC6)[C@H](C)C(=O)O)cc5O4)CC3)c2)o1. The van der Waals surface area contributed by atoms with Crippen LogP contribution in [0.5, 0.6) is 11.5 Å². The summed E-state index contributed by atoms with van der Waals surface area (Å²) < 4.78 is 56.9. The maximum absolute atomic E-state index is 13.3. The van der Waals surface area contributed by atoms with Crippen LogP contribution >= 0.6 is 0 Å². The molecule has 6 nitrogen and oxygen atoms in total. The lowest BCUT2D eigenvalue weighted by Gasteiger charge is -2.46. The van der Waals surface area contributed by atoms with Crippen molar-refractivity contribution in [2.45, 2.75) is 83.2 Å². The van der Waals surface area contributed by atoms with Gasteiger partial charge in [-0.2, -0.15) is 0 Å². The van der Waals surface area contributed by atoms with Gasteiger partial charge in [-0.15, -0.1) is 13.2 Å². The molecule has 9 heteroatoms. The average Bonchev–Trinajstić information content (AvgIpc) is 3.70. The largest absolute Gasteiger partial charge is 0.573 e. The summed E-state index contributed by atoms with van der Waals surface area (Å²) in [6.45, 7) is 6.85. The molecule has 3 aliphatic rings. The third-order valence-corrected chi connectivity index (χ3v) is 9.68. The van der Waals surface area contributed by atoms with Gasteiger partial charge in [-0.25, -0.2) is 0 Å². The number of fused-ring (bicyclic) bond motifs is 1. The Balaban J connectivity index is 1.19. The van der Waals surface area contributed by atoms with E-state index in [9.17, 15) is 23.1 Å². The van der Waals surface area contributed by atoms with Crippen LogP contribution in [0, 0.1) is 18.8 Å². The van der Waals surface area contributed by atoms with E-state index in [0.29, 0.717) is 35.9 Å². The molecule has 1 unspecified atom stereocenters. The highest BCUT2D eigenvalue weighted by atomic mass is 19.4. The number of carboxylic acids is 1. The van der Waals surface area contributed by atoms with E-state index in [0.717, 1.165) is 61.2 Å². The summed E-state index contributed by atoms with van der Waals surface area (Å²) in [5.41, 5.74) is 2.97. The summed E-state index contributed by atoms with van der Waals surface area (Å²) in [5, 5.41) is 9.72. The van der Waals surface area contributed by atoms with Gasteiger partial charge in [-0.1, -0.05) is 19.1 Å². The standard InChI is InChI=1S/C34H38F3NO5/c1-20-4-10-28(41-20)25-9-11-29(43-34(35,36)37)27(18-25)22(3)38-16-14-33(15-17-38)13-12-23-5-8-26(19-30(23)42-33)31(24-6-7-24)21(2)32(39)40/h4-5,8-11,18-19,21-22,24,31H,6-7,12-17H2,1-3H3,(H,39,40)/t21-,22?,31-/m0/s1. The summed E-state index contributed by atoms with van der Waals surface area (Å²) in [6.07, 6.45) is 0.537. The number of furan rings is 1. The fourth-order valence-corrected chi connectivity index (χ4v) is 7.01. The number of benzene rings is 2. The zero-order valence-corrected chi connectivity index (χ0v) is 24.7. The van der Waals surface area contributed by atoms with Crippen molar-refractivity contribution in [3.8, 4) is 22.8 Å². The number of aliphatic carboxylic acids is 1. The Morgan fingerprint density at radius 1 is 1.05 bits per heavy atom. The van der Waals surface area contributed by atoms with Gasteiger partial charge in [-0.05, 0) is 112 Å². The molecule has 2 aliphatic heterocycles. The Morgan fingerprint density at radius 3 is 2.42 bits per heavy atom. The Hall–Kier alpha value is -3.46. The first-order chi connectivity index (χ1) is 20.4. The van der Waals surface area contributed by atoms with Gasteiger partial charge in [0.05, 0.1) is 5.92 Å². The molecule has 1 saturated carbocycles. The van der Waals surface area contributed by atoms with Crippen molar-refractivity contribution in [3.05, 3.63) is 71.0 Å². The Bertz CT molecular complexity index is 1490. The number of piperidine rings is 1. The molecule has 0 bridgehead atoms. The molecule has 6 rings (SSSR count). The Kier molecular flexibility index (Phi) is 7.73. The lowest BCUT2D eigenvalue weighted by atomic mass is 9.80. The predicted molar refractivity (Wildman–Crippen MR) is 155 cm³/mol. The van der Waals surface area contributed by atoms with Gasteiger partial charge in [-0.3, -0.25) is 9.69 Å². The maximum Gasteiger partial charge on any atom is 0.573 e. The first-order valence-corrected chi connectivity index (χ1v) is 15.2. The number of halogens is 3. The van der Waals surface area contributed by atoms with E-state index >= 15 is 0 Å². The second kappa shape index (κ2) is 11.2. The molecule has 0 amide bonds. The van der Waals surface area contributed by atoms with Gasteiger partial charge < -0.3 is 19.0 Å². The lowest BCUT2D eigenvalue weighted by Crippen LogP contribution is -2.50. The van der Waals surface area contributed by atoms with Gasteiger partial charge in [0.15, 0.2) is 0 Å². The number of carbonyl (C=O) groups is 1. The van der Waals surface area contributed by atoms with E-state index < -0.39 is 18.2 Å². The quantitative estimate of drug-likeness (QED) is 0.282. The maximum atomic E-state index is 13.3. The second-order valence-corrected chi connectivity index (χ2v) is 12.6. The number of likely N-dealkylation sites (tertiary alicyclic amines) is 1. The highest BCUT2D eigenvalue weighted by Crippen LogP contribution is 2.49. The molecule has 1 spiro atoms. The summed E-state index contributed by atoms with van der Waals surface area (Å²) >= 11 is 0. The van der Waals surface area contributed by atoms with E-state index in [1.807, 2.05) is 26.0 Å². The number of rotatable bonds is 8. The molecule has 1 N–H and O–H groups in total. The van der Waals surface area contributed by atoms with Gasteiger partial charge in [0.2, 0.25) is 0 Å². The van der Waals surface area contributed by atoms with Gasteiger partial charge in [0, 0.05) is 30.3 Å². The van der Waals surface area contributed by atoms with Crippen LogP contribution in [0.25, 0.3) is 11.3 Å². The molecule has 2 aromatic carbocycles. The number of carboxylic acid groups (broad SMARTS) is 1. The second-order valence-electron chi connectivity index (χ2n) is 12.6. The van der Waals surface area contributed by atoms with Crippen molar-refractivity contribution >= 4 is 5.97 Å². The van der Waals surface area contributed by atoms with E-state index in [2.05, 4.69) is 27.8 Å². The fraction of sp³-hybridized carbons (Fsp3) is 0.500. The molecule has 3 atom stereocenters. The monoisotopic (exact) mass is 597 g/mol. The minimum absolute atomic E-state index is 0.0269. The van der Waals surface area contributed by atoms with E-state index in [4.69, 9.17) is 9.15 Å². The summed E-state index contributed by atoms with van der Waals surface area (Å²) in [6, 6.07) is 14.2. The van der Waals surface area contributed by atoms with Crippen LogP contribution in [-0.4, -0.2) is 41.0 Å². The van der Waals surface area contributed by atoms with Crippen LogP contribution < -0.4 is 9.47 Å². The zero-order chi connectivity index (χ0) is 30.5. The zero-order valence-electron chi connectivity index (χ0n) is 24.7. The molecule has 0 radical (unpaired) electrons. The van der Waals surface area contributed by atoms with Gasteiger partial charge >= 0.3 is 12.3 Å². The predicted octanol–water partition coefficient (Wildman–Crippen LogP) is 8.29. The van der Waals surface area contributed by atoms with E-state index in [1.165, 1.54) is 6.07 Å². The van der Waals surface area contributed by atoms with Gasteiger partial charge in [0.1, 0.15) is 28.6 Å². The first kappa shape index (κ1) is 29.6. The molecular formula is C34H38F3NO5. The number of ether oxygens (including phenoxy) is 2. The van der Waals surface area contributed by atoms with Gasteiger partial charge in [0.25, 0.3) is 0 Å². The summed E-state index contributed by atoms with van der Waals surface area (Å²) in [7, 11) is 0. The molecule has 230 valence electrons.